The van der Waals surface area contributed by atoms with Gasteiger partial charge in [-0.1, -0.05) is 90.4 Å². The monoisotopic (exact) mass is 395 g/mol. The van der Waals surface area contributed by atoms with Gasteiger partial charge < -0.3 is 15.5 Å². The van der Waals surface area contributed by atoms with Crippen LogP contribution in [-0.2, 0) is 9.59 Å². The van der Waals surface area contributed by atoms with Crippen molar-refractivity contribution in [2.45, 2.75) is 116 Å². The molecule has 0 heterocycles. The van der Waals surface area contributed by atoms with Crippen LogP contribution in [0.15, 0.2) is 0 Å². The van der Waals surface area contributed by atoms with Crippen LogP contribution in [0.25, 0.3) is 0 Å². The molecule has 0 amide bonds. The van der Waals surface area contributed by atoms with E-state index in [1.807, 2.05) is 0 Å². The normalized spacial score (nSPS) is 11.7. The molecule has 3 N–H and O–H groups in total. The minimum atomic E-state index is -0.961. The number of rotatable bonds is 20. The van der Waals surface area contributed by atoms with Gasteiger partial charge in [-0.2, -0.15) is 0 Å². The Hall–Kier alpha value is -0.100. The van der Waals surface area contributed by atoms with Crippen molar-refractivity contribution in [2.24, 2.45) is 0 Å². The Morgan fingerprint density at radius 3 is 1.52 bits per heavy atom. The van der Waals surface area contributed by atoms with Crippen LogP contribution < -0.4 is 5.32 Å². The van der Waals surface area contributed by atoms with Gasteiger partial charge >= 0.3 is 41.5 Å². The molecule has 0 aromatic carbocycles. The van der Waals surface area contributed by atoms with Crippen molar-refractivity contribution in [3.05, 3.63) is 0 Å². The number of hydrogen-bond donors (Lipinski definition) is 3. The Morgan fingerprint density at radius 1 is 0.741 bits per heavy atom. The van der Waals surface area contributed by atoms with Crippen molar-refractivity contribution >= 4 is 41.5 Å². The number of aliphatic carboxylic acids is 2. The number of carboxylic acids is 2. The standard InChI is InChI=1S/C21H41NO4.Na.H/c1-2-3-4-5-6-7-8-9-10-11-12-13-14-15-18-22-19(21(25)26)16-17-20(23)24;;/h19,22H,2-18H2,1H3,(H,23,24)(H,25,26);;. The van der Waals surface area contributed by atoms with E-state index in [1.54, 1.807) is 0 Å². The van der Waals surface area contributed by atoms with Crippen LogP contribution in [0.1, 0.15) is 110 Å². The Labute approximate surface area is 188 Å². The molecular formula is C21H42NNaO4. The van der Waals surface area contributed by atoms with Crippen LogP contribution in [0.2, 0.25) is 0 Å². The van der Waals surface area contributed by atoms with Crippen LogP contribution in [0.5, 0.6) is 0 Å². The molecule has 1 atom stereocenters. The molecule has 0 saturated carbocycles. The summed E-state index contributed by atoms with van der Waals surface area (Å²) in [6.07, 6.45) is 18.2. The van der Waals surface area contributed by atoms with Gasteiger partial charge in [0, 0.05) is 6.42 Å². The van der Waals surface area contributed by atoms with Crippen molar-refractivity contribution in [2.75, 3.05) is 6.54 Å². The van der Waals surface area contributed by atoms with Crippen molar-refractivity contribution in [1.82, 2.24) is 5.32 Å². The van der Waals surface area contributed by atoms with Gasteiger partial charge in [0.25, 0.3) is 0 Å². The summed E-state index contributed by atoms with van der Waals surface area (Å²) in [4.78, 5) is 21.6. The molecule has 156 valence electrons. The first-order valence-electron chi connectivity index (χ1n) is 10.8. The molecule has 0 aromatic heterocycles. The molecule has 0 saturated heterocycles. The third kappa shape index (κ3) is 22.1. The average molecular weight is 396 g/mol. The first-order valence-corrected chi connectivity index (χ1v) is 10.8. The van der Waals surface area contributed by atoms with Crippen molar-refractivity contribution < 1.29 is 19.8 Å². The molecule has 0 aliphatic heterocycles. The Bertz CT molecular complexity index is 353. The zero-order chi connectivity index (χ0) is 19.5. The van der Waals surface area contributed by atoms with E-state index in [-0.39, 0.29) is 42.4 Å². The fourth-order valence-electron chi connectivity index (χ4n) is 3.18. The van der Waals surface area contributed by atoms with E-state index >= 15 is 0 Å². The molecule has 6 heteroatoms. The Balaban J connectivity index is 0. The van der Waals surface area contributed by atoms with E-state index in [1.165, 1.54) is 77.0 Å². The summed E-state index contributed by atoms with van der Waals surface area (Å²) in [5.74, 6) is -1.91. The predicted octanol–water partition coefficient (Wildman–Crippen LogP) is 4.73. The molecule has 5 nitrogen and oxygen atoms in total. The van der Waals surface area contributed by atoms with Crippen molar-refractivity contribution in [3.63, 3.8) is 0 Å². The van der Waals surface area contributed by atoms with E-state index < -0.39 is 18.0 Å². The van der Waals surface area contributed by atoms with Crippen LogP contribution >= 0.6 is 0 Å². The summed E-state index contributed by atoms with van der Waals surface area (Å²) in [6.45, 7) is 2.90. The SMILES string of the molecule is CCCCCCCCCCCCCCCCNC(CCC(=O)O)C(=O)O.[NaH]. The molecule has 0 aromatic rings. The molecule has 0 aliphatic carbocycles. The third-order valence-electron chi connectivity index (χ3n) is 4.87. The summed E-state index contributed by atoms with van der Waals surface area (Å²) in [5, 5.41) is 20.6. The summed E-state index contributed by atoms with van der Waals surface area (Å²) in [6, 6.07) is -0.743. The summed E-state index contributed by atoms with van der Waals surface area (Å²) >= 11 is 0. The van der Waals surface area contributed by atoms with Crippen LogP contribution in [0, 0.1) is 0 Å². The van der Waals surface area contributed by atoms with Gasteiger partial charge in [0.05, 0.1) is 0 Å². The summed E-state index contributed by atoms with van der Waals surface area (Å²) < 4.78 is 0. The molecule has 0 spiro atoms. The first-order chi connectivity index (χ1) is 12.6. The van der Waals surface area contributed by atoms with Crippen molar-refractivity contribution in [1.29, 1.82) is 0 Å². The van der Waals surface area contributed by atoms with Gasteiger partial charge in [0.1, 0.15) is 6.04 Å². The maximum atomic E-state index is 11.0. The molecule has 0 radical (unpaired) electrons. The molecule has 1 unspecified atom stereocenters. The minimum absolute atomic E-state index is 0. The molecular weight excluding hydrogens is 353 g/mol. The molecule has 0 rings (SSSR count). The molecule has 0 aliphatic rings. The number of carbonyl (C=O) groups is 2. The second-order valence-corrected chi connectivity index (χ2v) is 7.37. The van der Waals surface area contributed by atoms with Gasteiger partial charge in [-0.3, -0.25) is 9.59 Å². The van der Waals surface area contributed by atoms with E-state index in [0.29, 0.717) is 6.54 Å². The fraction of sp³-hybridized carbons (Fsp3) is 0.905. The van der Waals surface area contributed by atoms with Gasteiger partial charge in [0.15, 0.2) is 0 Å². The van der Waals surface area contributed by atoms with E-state index in [9.17, 15) is 9.59 Å². The topological polar surface area (TPSA) is 86.6 Å². The first kappa shape index (κ1) is 29.1. The molecule has 0 fully saturated rings. The Kier molecular flexibility index (Phi) is 23.9. The van der Waals surface area contributed by atoms with E-state index in [2.05, 4.69) is 12.2 Å². The number of carboxylic acid groups (broad SMARTS) is 2. The predicted molar refractivity (Wildman–Crippen MR) is 114 cm³/mol. The van der Waals surface area contributed by atoms with Crippen LogP contribution in [0.3, 0.4) is 0 Å². The van der Waals surface area contributed by atoms with E-state index in [0.717, 1.165) is 12.8 Å². The quantitative estimate of drug-likeness (QED) is 0.205. The van der Waals surface area contributed by atoms with Crippen LogP contribution in [0.4, 0.5) is 0 Å². The number of unbranched alkanes of at least 4 members (excludes halogenated alkanes) is 13. The van der Waals surface area contributed by atoms with Gasteiger partial charge in [-0.15, -0.1) is 0 Å². The second kappa shape index (κ2) is 22.2. The number of hydrogen-bond acceptors (Lipinski definition) is 3. The molecule has 0 bridgehead atoms. The van der Waals surface area contributed by atoms with Crippen molar-refractivity contribution in [3.8, 4) is 0 Å². The maximum absolute atomic E-state index is 11.0. The average Bonchev–Trinajstić information content (AvgIpc) is 2.60. The summed E-state index contributed by atoms with van der Waals surface area (Å²) in [7, 11) is 0. The Morgan fingerprint density at radius 2 is 1.15 bits per heavy atom. The third-order valence-corrected chi connectivity index (χ3v) is 4.87. The second-order valence-electron chi connectivity index (χ2n) is 7.37. The molecule has 27 heavy (non-hydrogen) atoms. The van der Waals surface area contributed by atoms with Gasteiger partial charge in [-0.05, 0) is 19.4 Å². The zero-order valence-electron chi connectivity index (χ0n) is 16.8. The fourth-order valence-corrected chi connectivity index (χ4v) is 3.18. The van der Waals surface area contributed by atoms with Gasteiger partial charge in [-0.25, -0.2) is 0 Å². The summed E-state index contributed by atoms with van der Waals surface area (Å²) in [5.41, 5.74) is 0. The van der Waals surface area contributed by atoms with Crippen LogP contribution in [-0.4, -0.2) is 64.3 Å². The van der Waals surface area contributed by atoms with E-state index in [4.69, 9.17) is 10.2 Å². The van der Waals surface area contributed by atoms with Gasteiger partial charge in [0.2, 0.25) is 0 Å². The number of nitrogens with one attached hydrogen (secondary N) is 1. The zero-order valence-corrected chi connectivity index (χ0v) is 16.8.